The van der Waals surface area contributed by atoms with Crippen molar-refractivity contribution in [3.8, 4) is 0 Å². The van der Waals surface area contributed by atoms with Crippen LogP contribution in [0.4, 0.5) is 5.69 Å². The van der Waals surface area contributed by atoms with Gasteiger partial charge in [0.1, 0.15) is 0 Å². The molecule has 0 saturated carbocycles. The first-order valence-electron chi connectivity index (χ1n) is 7.41. The van der Waals surface area contributed by atoms with Crippen LogP contribution in [-0.2, 0) is 0 Å². The second kappa shape index (κ2) is 8.17. The van der Waals surface area contributed by atoms with Gasteiger partial charge >= 0.3 is 0 Å². The molecule has 0 bridgehead atoms. The lowest BCUT2D eigenvalue weighted by Gasteiger charge is -2.30. The van der Waals surface area contributed by atoms with Gasteiger partial charge in [0, 0.05) is 19.3 Å². The smallest absolute Gasteiger partial charge is 0.170 e. The summed E-state index contributed by atoms with van der Waals surface area (Å²) in [7, 11) is 0. The molecule has 1 aliphatic rings. The number of aromatic nitrogens is 1. The monoisotopic (exact) mass is 292 g/mol. The number of likely N-dealkylation sites (tertiary alicyclic amines) is 1. The van der Waals surface area contributed by atoms with Crippen LogP contribution in [0.3, 0.4) is 0 Å². The maximum Gasteiger partial charge on any atom is 0.170 e. The van der Waals surface area contributed by atoms with Crippen LogP contribution in [0.5, 0.6) is 0 Å². The minimum atomic E-state index is 0.671. The Kier molecular flexibility index (Phi) is 6.21. The Morgan fingerprint density at radius 1 is 1.55 bits per heavy atom. The first-order valence-corrected chi connectivity index (χ1v) is 7.82. The van der Waals surface area contributed by atoms with E-state index in [0.29, 0.717) is 5.11 Å². The third-order valence-corrected chi connectivity index (χ3v) is 3.84. The molecule has 2 N–H and O–H groups in total. The standard InChI is InChI=1S/C15H24N4S/c1-13-5-3-9-19(12-13)10-4-8-17-15(20)18-14-6-2-7-16-11-14/h2,6-7,11,13H,3-5,8-10,12H2,1H3,(H2,17,18,20)/t13-/m0/s1. The molecule has 0 radical (unpaired) electrons. The summed E-state index contributed by atoms with van der Waals surface area (Å²) in [4.78, 5) is 6.61. The number of hydrogen-bond acceptors (Lipinski definition) is 3. The average molecular weight is 292 g/mol. The van der Waals surface area contributed by atoms with Crippen LogP contribution in [0.15, 0.2) is 24.5 Å². The van der Waals surface area contributed by atoms with Crippen molar-refractivity contribution in [1.82, 2.24) is 15.2 Å². The summed E-state index contributed by atoms with van der Waals surface area (Å²) in [5, 5.41) is 7.05. The summed E-state index contributed by atoms with van der Waals surface area (Å²) in [6.45, 7) is 6.92. The highest BCUT2D eigenvalue weighted by atomic mass is 32.1. The van der Waals surface area contributed by atoms with Gasteiger partial charge in [-0.1, -0.05) is 6.92 Å². The summed E-state index contributed by atoms with van der Waals surface area (Å²) in [5.74, 6) is 0.852. The lowest BCUT2D eigenvalue weighted by molar-refractivity contribution is 0.182. The molecule has 20 heavy (non-hydrogen) atoms. The minimum absolute atomic E-state index is 0.671. The maximum absolute atomic E-state index is 5.26. The summed E-state index contributed by atoms with van der Waals surface area (Å²) in [6.07, 6.45) is 7.37. The molecule has 4 nitrogen and oxygen atoms in total. The largest absolute Gasteiger partial charge is 0.362 e. The summed E-state index contributed by atoms with van der Waals surface area (Å²) in [6, 6.07) is 3.85. The average Bonchev–Trinajstić information content (AvgIpc) is 2.45. The molecule has 2 heterocycles. The Morgan fingerprint density at radius 2 is 2.45 bits per heavy atom. The van der Waals surface area contributed by atoms with E-state index >= 15 is 0 Å². The number of hydrogen-bond donors (Lipinski definition) is 2. The molecular formula is C15H24N4S. The van der Waals surface area contributed by atoms with Crippen molar-refractivity contribution in [2.24, 2.45) is 5.92 Å². The van der Waals surface area contributed by atoms with Crippen molar-refractivity contribution < 1.29 is 0 Å². The van der Waals surface area contributed by atoms with E-state index in [2.05, 4.69) is 27.4 Å². The van der Waals surface area contributed by atoms with E-state index in [1.54, 1.807) is 12.4 Å². The molecule has 2 rings (SSSR count). The predicted octanol–water partition coefficient (Wildman–Crippen LogP) is 2.49. The van der Waals surface area contributed by atoms with Gasteiger partial charge in [0.15, 0.2) is 5.11 Å². The number of thiocarbonyl (C=S) groups is 1. The zero-order valence-corrected chi connectivity index (χ0v) is 13.0. The number of rotatable bonds is 5. The van der Waals surface area contributed by atoms with Gasteiger partial charge in [0.2, 0.25) is 0 Å². The second-order valence-electron chi connectivity index (χ2n) is 5.52. The van der Waals surface area contributed by atoms with Gasteiger partial charge in [-0.2, -0.15) is 0 Å². The number of nitrogens with one attached hydrogen (secondary N) is 2. The normalized spacial score (nSPS) is 19.6. The third-order valence-electron chi connectivity index (χ3n) is 3.60. The van der Waals surface area contributed by atoms with Crippen molar-refractivity contribution in [3.05, 3.63) is 24.5 Å². The zero-order valence-electron chi connectivity index (χ0n) is 12.1. The second-order valence-corrected chi connectivity index (χ2v) is 5.93. The van der Waals surface area contributed by atoms with Gasteiger partial charge in [-0.15, -0.1) is 0 Å². The summed E-state index contributed by atoms with van der Waals surface area (Å²) < 4.78 is 0. The van der Waals surface area contributed by atoms with Crippen LogP contribution < -0.4 is 10.6 Å². The van der Waals surface area contributed by atoms with Crippen LogP contribution in [0.2, 0.25) is 0 Å². The van der Waals surface area contributed by atoms with Crippen LogP contribution in [0.25, 0.3) is 0 Å². The van der Waals surface area contributed by atoms with Crippen molar-refractivity contribution in [1.29, 1.82) is 0 Å². The van der Waals surface area contributed by atoms with Gasteiger partial charge in [-0.25, -0.2) is 0 Å². The van der Waals surface area contributed by atoms with Crippen LogP contribution in [0.1, 0.15) is 26.2 Å². The molecule has 0 amide bonds. The predicted molar refractivity (Wildman–Crippen MR) is 87.9 cm³/mol. The number of anilines is 1. The Labute approximate surface area is 127 Å². The molecule has 0 aromatic carbocycles. The lowest BCUT2D eigenvalue weighted by atomic mass is 10.0. The van der Waals surface area contributed by atoms with E-state index in [0.717, 1.165) is 31.1 Å². The quantitative estimate of drug-likeness (QED) is 0.644. The number of pyridine rings is 1. The Bertz CT molecular complexity index is 410. The first-order chi connectivity index (χ1) is 9.74. The molecule has 1 aromatic heterocycles. The molecule has 110 valence electrons. The SMILES string of the molecule is C[C@H]1CCCN(CCCNC(=S)Nc2cccnc2)C1. The molecule has 1 atom stereocenters. The van der Waals surface area contributed by atoms with Gasteiger partial charge in [0.25, 0.3) is 0 Å². The summed E-state index contributed by atoms with van der Waals surface area (Å²) in [5.41, 5.74) is 0.926. The van der Waals surface area contributed by atoms with E-state index in [1.165, 1.54) is 25.9 Å². The van der Waals surface area contributed by atoms with Gasteiger partial charge < -0.3 is 15.5 Å². The Hall–Kier alpha value is -1.20. The molecule has 0 aliphatic carbocycles. The van der Waals surface area contributed by atoms with E-state index in [9.17, 15) is 0 Å². The summed E-state index contributed by atoms with van der Waals surface area (Å²) >= 11 is 5.26. The Balaban J connectivity index is 1.57. The molecule has 0 unspecified atom stereocenters. The van der Waals surface area contributed by atoms with Crippen molar-refractivity contribution in [2.75, 3.05) is 31.5 Å². The van der Waals surface area contributed by atoms with Gasteiger partial charge in [-0.3, -0.25) is 4.98 Å². The van der Waals surface area contributed by atoms with Crippen LogP contribution in [0, 0.1) is 5.92 Å². The number of piperidine rings is 1. The van der Waals surface area contributed by atoms with E-state index < -0.39 is 0 Å². The third kappa shape index (κ3) is 5.43. The van der Waals surface area contributed by atoms with Crippen molar-refractivity contribution in [2.45, 2.75) is 26.2 Å². The minimum Gasteiger partial charge on any atom is -0.362 e. The van der Waals surface area contributed by atoms with Crippen LogP contribution >= 0.6 is 12.2 Å². The fourth-order valence-electron chi connectivity index (χ4n) is 2.61. The molecule has 0 spiro atoms. The molecule has 1 saturated heterocycles. The topological polar surface area (TPSA) is 40.2 Å². The maximum atomic E-state index is 5.26. The highest BCUT2D eigenvalue weighted by Crippen LogP contribution is 2.15. The van der Waals surface area contributed by atoms with Crippen molar-refractivity contribution >= 4 is 23.0 Å². The highest BCUT2D eigenvalue weighted by Gasteiger charge is 2.15. The Morgan fingerprint density at radius 3 is 3.20 bits per heavy atom. The highest BCUT2D eigenvalue weighted by molar-refractivity contribution is 7.80. The molecular weight excluding hydrogens is 268 g/mol. The van der Waals surface area contributed by atoms with Gasteiger partial charge in [-0.05, 0) is 62.6 Å². The zero-order chi connectivity index (χ0) is 14.2. The molecule has 1 aromatic rings. The fourth-order valence-corrected chi connectivity index (χ4v) is 2.83. The molecule has 1 fully saturated rings. The fraction of sp³-hybridized carbons (Fsp3) is 0.600. The van der Waals surface area contributed by atoms with E-state index in [4.69, 9.17) is 12.2 Å². The lowest BCUT2D eigenvalue weighted by Crippen LogP contribution is -2.37. The van der Waals surface area contributed by atoms with E-state index in [-0.39, 0.29) is 0 Å². The van der Waals surface area contributed by atoms with Gasteiger partial charge in [0.05, 0.1) is 11.9 Å². The first kappa shape index (κ1) is 15.2. The molecule has 1 aliphatic heterocycles. The number of nitrogens with zero attached hydrogens (tertiary/aromatic N) is 2. The van der Waals surface area contributed by atoms with Crippen molar-refractivity contribution in [3.63, 3.8) is 0 Å². The molecule has 5 heteroatoms. The van der Waals surface area contributed by atoms with Crippen LogP contribution in [-0.4, -0.2) is 41.2 Å². The van der Waals surface area contributed by atoms with E-state index in [1.807, 2.05) is 12.1 Å².